The van der Waals surface area contributed by atoms with Gasteiger partial charge in [-0.05, 0) is 0 Å². The smallest absolute Gasteiger partial charge is 0 e. The number of hydrogen-bond acceptors (Lipinski definition) is 2. The SMILES string of the molecule is OO.[Fe].[Fe]. The Labute approximate surface area is 45.1 Å². The molecule has 0 fully saturated rings. The van der Waals surface area contributed by atoms with Crippen LogP contribution in [0.4, 0.5) is 0 Å². The normalized spacial score (nSPS) is 1.50. The van der Waals surface area contributed by atoms with Crippen molar-refractivity contribution in [3.05, 3.63) is 0 Å². The van der Waals surface area contributed by atoms with Crippen molar-refractivity contribution in [1.29, 1.82) is 0 Å². The van der Waals surface area contributed by atoms with Gasteiger partial charge in [0.1, 0.15) is 0 Å². The number of rotatable bonds is 0. The summed E-state index contributed by atoms with van der Waals surface area (Å²) in [6.45, 7) is 0. The van der Waals surface area contributed by atoms with E-state index >= 15 is 0 Å². The van der Waals surface area contributed by atoms with Gasteiger partial charge in [-0.25, -0.2) is 0 Å². The van der Waals surface area contributed by atoms with Crippen LogP contribution >= 0.6 is 0 Å². The first kappa shape index (κ1) is 20.3. The van der Waals surface area contributed by atoms with E-state index < -0.39 is 0 Å². The van der Waals surface area contributed by atoms with Gasteiger partial charge >= 0.3 is 0 Å². The summed E-state index contributed by atoms with van der Waals surface area (Å²) in [7, 11) is 0. The molecule has 0 amide bonds. The van der Waals surface area contributed by atoms with Crippen LogP contribution in [0, 0.1) is 0 Å². The molecule has 0 radical (unpaired) electrons. The van der Waals surface area contributed by atoms with Gasteiger partial charge in [-0.15, -0.1) is 0 Å². The molecular weight excluding hydrogens is 144 g/mol. The van der Waals surface area contributed by atoms with Gasteiger partial charge < -0.3 is 0 Å². The van der Waals surface area contributed by atoms with Crippen molar-refractivity contribution in [3.63, 3.8) is 0 Å². The van der Waals surface area contributed by atoms with Crippen molar-refractivity contribution in [2.45, 2.75) is 0 Å². The van der Waals surface area contributed by atoms with Gasteiger partial charge in [0, 0.05) is 34.1 Å². The van der Waals surface area contributed by atoms with E-state index in [1.165, 1.54) is 0 Å². The minimum atomic E-state index is 0. The Kier molecular flexibility index (Phi) is 191. The predicted molar refractivity (Wildman–Crippen MR) is 5.26 cm³/mol. The van der Waals surface area contributed by atoms with Crippen LogP contribution in [-0.4, -0.2) is 10.5 Å². The summed E-state index contributed by atoms with van der Waals surface area (Å²) in [4.78, 5) is 0. The summed E-state index contributed by atoms with van der Waals surface area (Å²) in [5, 5.41) is 12.0. The summed E-state index contributed by atoms with van der Waals surface area (Å²) < 4.78 is 0. The summed E-state index contributed by atoms with van der Waals surface area (Å²) >= 11 is 0. The molecular formula is H2Fe2O2. The van der Waals surface area contributed by atoms with Gasteiger partial charge in [-0.3, -0.25) is 10.5 Å². The molecule has 0 aromatic rings. The van der Waals surface area contributed by atoms with E-state index in [0.717, 1.165) is 0 Å². The average Bonchev–Trinajstić information content (AvgIpc) is 1.00. The van der Waals surface area contributed by atoms with Gasteiger partial charge in [0.25, 0.3) is 0 Å². The second-order valence-electron chi connectivity index (χ2n) is 0. The molecule has 4 heavy (non-hydrogen) atoms. The second-order valence-corrected chi connectivity index (χ2v) is 0. The third-order valence-electron chi connectivity index (χ3n) is 0. The Morgan fingerprint density at radius 2 is 0.750 bits per heavy atom. The van der Waals surface area contributed by atoms with Gasteiger partial charge in [-0.1, -0.05) is 0 Å². The number of hydrogen-bond donors (Lipinski definition) is 2. The Bertz CT molecular complexity index is 4.00. The van der Waals surface area contributed by atoms with E-state index in [1.807, 2.05) is 0 Å². The molecule has 0 heterocycles. The molecule has 0 atom stereocenters. The summed E-state index contributed by atoms with van der Waals surface area (Å²) in [6, 6.07) is 0. The Hall–Kier alpha value is 0.959. The van der Waals surface area contributed by atoms with E-state index in [1.54, 1.807) is 0 Å². The van der Waals surface area contributed by atoms with Gasteiger partial charge in [-0.2, -0.15) is 0 Å². The van der Waals surface area contributed by atoms with E-state index in [0.29, 0.717) is 0 Å². The first-order valence-corrected chi connectivity index (χ1v) is 0.200. The molecule has 4 heteroatoms. The maximum atomic E-state index is 6.00. The Morgan fingerprint density at radius 3 is 0.750 bits per heavy atom. The maximum absolute atomic E-state index is 6.00. The summed E-state index contributed by atoms with van der Waals surface area (Å²) in [5.74, 6) is 0. The molecule has 0 aliphatic rings. The largest absolute Gasteiger partial charge is 0.255 e. The molecule has 2 nitrogen and oxygen atoms in total. The van der Waals surface area contributed by atoms with Crippen molar-refractivity contribution < 1.29 is 44.7 Å². The van der Waals surface area contributed by atoms with Crippen LogP contribution < -0.4 is 0 Å². The minimum Gasteiger partial charge on any atom is -0.255 e. The molecule has 0 aliphatic heterocycles. The molecule has 0 aromatic heterocycles. The standard InChI is InChI=1S/2Fe.H2O2/c;;1-2/h;;1-2H. The van der Waals surface area contributed by atoms with Crippen LogP contribution in [0.5, 0.6) is 0 Å². The second kappa shape index (κ2) is 37.7. The van der Waals surface area contributed by atoms with Crippen molar-refractivity contribution in [2.75, 3.05) is 0 Å². The summed E-state index contributed by atoms with van der Waals surface area (Å²) in [5.41, 5.74) is 0. The molecule has 0 aliphatic carbocycles. The first-order chi connectivity index (χ1) is 1.00. The van der Waals surface area contributed by atoms with Crippen molar-refractivity contribution in [2.24, 2.45) is 0 Å². The van der Waals surface area contributed by atoms with E-state index in [4.69, 9.17) is 10.5 Å². The van der Waals surface area contributed by atoms with Gasteiger partial charge in [0.15, 0.2) is 0 Å². The van der Waals surface area contributed by atoms with Gasteiger partial charge in [0.2, 0.25) is 0 Å². The molecule has 0 rings (SSSR count). The third kappa shape index (κ3) is 12.3. The first-order valence-electron chi connectivity index (χ1n) is 0.200. The zero-order chi connectivity index (χ0) is 2.00. The fourth-order valence-corrected chi connectivity index (χ4v) is 0. The van der Waals surface area contributed by atoms with Crippen LogP contribution in [0.15, 0.2) is 0 Å². The van der Waals surface area contributed by atoms with Gasteiger partial charge in [0.05, 0.1) is 0 Å². The third-order valence-corrected chi connectivity index (χ3v) is 0. The fraction of sp³-hybridized carbons (Fsp3) is 0. The van der Waals surface area contributed by atoms with Crippen molar-refractivity contribution in [3.8, 4) is 0 Å². The topological polar surface area (TPSA) is 40.5 Å². The molecule has 2 N–H and O–H groups in total. The van der Waals surface area contributed by atoms with E-state index in [9.17, 15) is 0 Å². The van der Waals surface area contributed by atoms with Crippen molar-refractivity contribution in [1.82, 2.24) is 0 Å². The molecule has 0 spiro atoms. The predicted octanol–water partition coefficient (Wildman–Crippen LogP) is 0.0124. The average molecular weight is 146 g/mol. The van der Waals surface area contributed by atoms with Crippen LogP contribution in [0.25, 0.3) is 0 Å². The van der Waals surface area contributed by atoms with Crippen LogP contribution in [0.1, 0.15) is 0 Å². The van der Waals surface area contributed by atoms with Crippen molar-refractivity contribution >= 4 is 0 Å². The van der Waals surface area contributed by atoms with E-state index in [2.05, 4.69) is 0 Å². The van der Waals surface area contributed by atoms with Crippen LogP contribution in [0.2, 0.25) is 0 Å². The molecule has 0 bridgehead atoms. The van der Waals surface area contributed by atoms with E-state index in [-0.39, 0.29) is 34.1 Å². The monoisotopic (exact) mass is 146 g/mol. The molecule has 0 saturated carbocycles. The zero-order valence-corrected chi connectivity index (χ0v) is 3.81. The molecule has 30 valence electrons. The fourth-order valence-electron chi connectivity index (χ4n) is 0. The molecule has 0 unspecified atom stereocenters. The van der Waals surface area contributed by atoms with Crippen LogP contribution in [-0.2, 0) is 34.1 Å². The molecule has 0 aromatic carbocycles. The Morgan fingerprint density at radius 1 is 0.750 bits per heavy atom. The maximum Gasteiger partial charge on any atom is 0 e. The Balaban J connectivity index is -0.00000000500. The summed E-state index contributed by atoms with van der Waals surface area (Å²) in [6.07, 6.45) is 0. The quantitative estimate of drug-likeness (QED) is 0.287. The molecule has 0 saturated heterocycles. The zero-order valence-electron chi connectivity index (χ0n) is 1.60. The minimum absolute atomic E-state index is 0. The van der Waals surface area contributed by atoms with Crippen LogP contribution in [0.3, 0.4) is 0 Å².